The molecule has 4 rings (SSSR count). The van der Waals surface area contributed by atoms with Crippen molar-refractivity contribution in [2.75, 3.05) is 19.1 Å². The van der Waals surface area contributed by atoms with Crippen LogP contribution < -0.4 is 14.4 Å². The quantitative estimate of drug-likeness (QED) is 0.376. The number of hydrogen-bond acceptors (Lipinski definition) is 4. The molecule has 0 aliphatic carbocycles. The molecule has 166 valence electrons. The molecule has 0 radical (unpaired) electrons. The molecule has 32 heavy (non-hydrogen) atoms. The van der Waals surface area contributed by atoms with Crippen LogP contribution >= 0.6 is 11.6 Å². The Labute approximate surface area is 195 Å². The van der Waals surface area contributed by atoms with Gasteiger partial charge in [-0.05, 0) is 92.4 Å². The molecule has 3 aromatic carbocycles. The number of fused-ring (bicyclic) bond motifs is 1. The first-order valence-corrected chi connectivity index (χ1v) is 11.2. The molecule has 0 bridgehead atoms. The van der Waals surface area contributed by atoms with Gasteiger partial charge in [0.05, 0.1) is 17.8 Å². The Morgan fingerprint density at radius 1 is 1.00 bits per heavy atom. The highest BCUT2D eigenvalue weighted by molar-refractivity contribution is 6.33. The third kappa shape index (κ3) is 4.61. The maximum absolute atomic E-state index is 6.62. The zero-order chi connectivity index (χ0) is 22.9. The largest absolute Gasteiger partial charge is 0.497 e. The second kappa shape index (κ2) is 8.87. The molecule has 1 aliphatic rings. The zero-order valence-electron chi connectivity index (χ0n) is 19.2. The van der Waals surface area contributed by atoms with E-state index in [0.29, 0.717) is 10.9 Å². The van der Waals surface area contributed by atoms with E-state index in [4.69, 9.17) is 21.1 Å². The van der Waals surface area contributed by atoms with Crippen LogP contribution in [0.2, 0.25) is 5.02 Å². The number of anilines is 1. The van der Waals surface area contributed by atoms with E-state index >= 15 is 0 Å². The van der Waals surface area contributed by atoms with Gasteiger partial charge < -0.3 is 14.4 Å². The van der Waals surface area contributed by atoms with Crippen LogP contribution in [-0.2, 0) is 0 Å². The normalized spacial score (nSPS) is 17.3. The third-order valence-electron chi connectivity index (χ3n) is 6.24. The van der Waals surface area contributed by atoms with Crippen molar-refractivity contribution >= 4 is 29.2 Å². The minimum Gasteiger partial charge on any atom is -0.497 e. The highest BCUT2D eigenvalue weighted by atomic mass is 35.5. The number of nitrogens with zero attached hydrogens (tertiary/aromatic N) is 2. The molecule has 3 aromatic rings. The number of methoxy groups -OCH3 is 1. The van der Waals surface area contributed by atoms with Gasteiger partial charge in [-0.3, -0.25) is 4.99 Å². The Hall–Kier alpha value is -2.98. The van der Waals surface area contributed by atoms with Crippen molar-refractivity contribution in [2.45, 2.75) is 38.6 Å². The molecule has 0 saturated carbocycles. The van der Waals surface area contributed by atoms with Crippen molar-refractivity contribution < 1.29 is 9.47 Å². The predicted octanol–water partition coefficient (Wildman–Crippen LogP) is 7.61. The summed E-state index contributed by atoms with van der Waals surface area (Å²) in [6, 6.07) is 19.4. The standard InChI is InChI=1S/C27H29ClN2O2/c1-18-16-27(2,3)30(4)26-15-25(28)19(14-24(18)26)17-29-20-6-8-22(9-7-20)32-23-12-10-21(31-5)11-13-23/h6-15,17-18H,16H2,1-5H3/t18-/m0/s1. The number of benzene rings is 3. The van der Waals surface area contributed by atoms with E-state index in [-0.39, 0.29) is 5.54 Å². The van der Waals surface area contributed by atoms with Gasteiger partial charge >= 0.3 is 0 Å². The Balaban J connectivity index is 1.50. The molecule has 0 amide bonds. The van der Waals surface area contributed by atoms with E-state index < -0.39 is 0 Å². The zero-order valence-corrected chi connectivity index (χ0v) is 20.0. The van der Waals surface area contributed by atoms with E-state index in [2.05, 4.69) is 49.8 Å². The first-order valence-electron chi connectivity index (χ1n) is 10.8. The van der Waals surface area contributed by atoms with Gasteiger partial charge in [-0.1, -0.05) is 18.5 Å². The molecule has 0 unspecified atom stereocenters. The van der Waals surface area contributed by atoms with E-state index in [9.17, 15) is 0 Å². The van der Waals surface area contributed by atoms with Crippen molar-refractivity contribution in [3.8, 4) is 17.2 Å². The molecule has 0 spiro atoms. The summed E-state index contributed by atoms with van der Waals surface area (Å²) >= 11 is 6.62. The van der Waals surface area contributed by atoms with Crippen molar-refractivity contribution in [3.05, 3.63) is 76.8 Å². The van der Waals surface area contributed by atoms with Gasteiger partial charge in [-0.15, -0.1) is 0 Å². The van der Waals surface area contributed by atoms with Crippen LogP contribution in [0, 0.1) is 0 Å². The van der Waals surface area contributed by atoms with Crippen molar-refractivity contribution in [2.24, 2.45) is 4.99 Å². The van der Waals surface area contributed by atoms with E-state index in [1.165, 1.54) is 11.3 Å². The maximum Gasteiger partial charge on any atom is 0.127 e. The van der Waals surface area contributed by atoms with Crippen LogP contribution in [0.25, 0.3) is 0 Å². The summed E-state index contributed by atoms with van der Waals surface area (Å²) < 4.78 is 11.1. The molecule has 0 fully saturated rings. The van der Waals surface area contributed by atoms with Crippen LogP contribution in [0.4, 0.5) is 11.4 Å². The topological polar surface area (TPSA) is 34.1 Å². The summed E-state index contributed by atoms with van der Waals surface area (Å²) in [5.41, 5.74) is 4.41. The minimum atomic E-state index is 0.112. The maximum atomic E-state index is 6.62. The molecule has 4 nitrogen and oxygen atoms in total. The summed E-state index contributed by atoms with van der Waals surface area (Å²) in [7, 11) is 3.79. The van der Waals surface area contributed by atoms with Gasteiger partial charge in [0.1, 0.15) is 17.2 Å². The van der Waals surface area contributed by atoms with Crippen molar-refractivity contribution in [1.29, 1.82) is 0 Å². The summed E-state index contributed by atoms with van der Waals surface area (Å²) in [6.07, 6.45) is 2.94. The SMILES string of the molecule is COc1ccc(Oc2ccc(N=Cc3cc4c(cc3Cl)N(C)C(C)(C)C[C@@H]4C)cc2)cc1. The molecule has 0 aromatic heterocycles. The lowest BCUT2D eigenvalue weighted by Gasteiger charge is -2.45. The predicted molar refractivity (Wildman–Crippen MR) is 134 cm³/mol. The molecular formula is C27H29ClN2O2. The molecule has 0 N–H and O–H groups in total. The summed E-state index contributed by atoms with van der Waals surface area (Å²) in [5.74, 6) is 2.77. The summed E-state index contributed by atoms with van der Waals surface area (Å²) in [5, 5.41) is 0.712. The smallest absolute Gasteiger partial charge is 0.127 e. The van der Waals surface area contributed by atoms with Gasteiger partial charge in [-0.2, -0.15) is 0 Å². The molecular weight excluding hydrogens is 420 g/mol. The molecule has 1 heterocycles. The van der Waals surface area contributed by atoms with Crippen molar-refractivity contribution in [3.63, 3.8) is 0 Å². The van der Waals surface area contributed by atoms with Crippen LogP contribution in [0.1, 0.15) is 44.2 Å². The molecule has 1 atom stereocenters. The van der Waals surface area contributed by atoms with Crippen LogP contribution in [0.3, 0.4) is 0 Å². The van der Waals surface area contributed by atoms with Crippen LogP contribution in [-0.4, -0.2) is 25.9 Å². The Morgan fingerprint density at radius 2 is 1.59 bits per heavy atom. The lowest BCUT2D eigenvalue weighted by molar-refractivity contribution is 0.395. The average molecular weight is 449 g/mol. The Kier molecular flexibility index (Phi) is 6.16. The third-order valence-corrected chi connectivity index (χ3v) is 6.56. The van der Waals surface area contributed by atoms with E-state index in [0.717, 1.165) is 34.9 Å². The number of aliphatic imine (C=N–C) groups is 1. The lowest BCUT2D eigenvalue weighted by Crippen LogP contribution is -2.45. The fourth-order valence-electron chi connectivity index (χ4n) is 4.23. The number of halogens is 1. The Morgan fingerprint density at radius 3 is 2.22 bits per heavy atom. The second-order valence-corrected chi connectivity index (χ2v) is 9.35. The average Bonchev–Trinajstić information content (AvgIpc) is 2.78. The summed E-state index contributed by atoms with van der Waals surface area (Å²) in [6.45, 7) is 6.83. The van der Waals surface area contributed by atoms with E-state index in [1.54, 1.807) is 7.11 Å². The van der Waals surface area contributed by atoms with E-state index in [1.807, 2.05) is 54.7 Å². The lowest BCUT2D eigenvalue weighted by atomic mass is 9.80. The highest BCUT2D eigenvalue weighted by Gasteiger charge is 2.34. The summed E-state index contributed by atoms with van der Waals surface area (Å²) in [4.78, 5) is 6.96. The van der Waals surface area contributed by atoms with Crippen LogP contribution in [0.15, 0.2) is 65.7 Å². The molecule has 5 heteroatoms. The van der Waals surface area contributed by atoms with Gasteiger partial charge in [-0.25, -0.2) is 0 Å². The second-order valence-electron chi connectivity index (χ2n) is 8.94. The fourth-order valence-corrected chi connectivity index (χ4v) is 4.43. The van der Waals surface area contributed by atoms with Crippen LogP contribution in [0.5, 0.6) is 17.2 Å². The van der Waals surface area contributed by atoms with Gasteiger partial charge in [0.15, 0.2) is 0 Å². The fraction of sp³-hybridized carbons (Fsp3) is 0.296. The first kappa shape index (κ1) is 22.2. The van der Waals surface area contributed by atoms with Crippen molar-refractivity contribution in [1.82, 2.24) is 0 Å². The monoisotopic (exact) mass is 448 g/mol. The highest BCUT2D eigenvalue weighted by Crippen LogP contribution is 2.44. The van der Waals surface area contributed by atoms with Gasteiger partial charge in [0.25, 0.3) is 0 Å². The number of hydrogen-bond donors (Lipinski definition) is 0. The molecule has 1 aliphatic heterocycles. The number of rotatable bonds is 5. The van der Waals surface area contributed by atoms with Gasteiger partial charge in [0.2, 0.25) is 0 Å². The van der Waals surface area contributed by atoms with Gasteiger partial charge in [0, 0.05) is 30.1 Å². The molecule has 0 saturated heterocycles. The minimum absolute atomic E-state index is 0.112. The number of ether oxygens (including phenoxy) is 2. The Bertz CT molecular complexity index is 1120. The first-order chi connectivity index (χ1) is 15.3.